The molecule has 1 aliphatic carbocycles. The first kappa shape index (κ1) is 21.7. The third-order valence-electron chi connectivity index (χ3n) is 4.55. The van der Waals surface area contributed by atoms with Crippen molar-refractivity contribution in [2.24, 2.45) is 5.41 Å². The number of carbonyl (C=O) groups is 2. The number of nitrogens with one attached hydrogen (secondary N) is 1. The summed E-state index contributed by atoms with van der Waals surface area (Å²) >= 11 is 0. The summed E-state index contributed by atoms with van der Waals surface area (Å²) < 4.78 is 0. The molecule has 4 heteroatoms. The van der Waals surface area contributed by atoms with Crippen LogP contribution in [0.15, 0.2) is 58.7 Å². The molecule has 0 saturated heterocycles. The molecule has 0 unspecified atom stereocenters. The molecule has 0 saturated carbocycles. The lowest BCUT2D eigenvalue weighted by molar-refractivity contribution is -0.137. The number of carboxylic acid groups (broad SMARTS) is 1. The Kier molecular flexibility index (Phi) is 8.30. The van der Waals surface area contributed by atoms with Crippen molar-refractivity contribution in [3.8, 4) is 0 Å². The monoisotopic (exact) mass is 357 g/mol. The van der Waals surface area contributed by atoms with E-state index in [0.29, 0.717) is 0 Å². The summed E-state index contributed by atoms with van der Waals surface area (Å²) in [6, 6.07) is 0. The van der Waals surface area contributed by atoms with E-state index >= 15 is 0 Å². The lowest BCUT2D eigenvalue weighted by Crippen LogP contribution is -2.27. The predicted octanol–water partition coefficient (Wildman–Crippen LogP) is 4.72. The molecule has 0 fully saturated rings. The van der Waals surface area contributed by atoms with Crippen LogP contribution in [0.4, 0.5) is 0 Å². The van der Waals surface area contributed by atoms with Crippen LogP contribution in [-0.4, -0.2) is 23.5 Å². The summed E-state index contributed by atoms with van der Waals surface area (Å²) in [6.45, 7) is 10.3. The van der Waals surface area contributed by atoms with Crippen molar-refractivity contribution >= 4 is 11.9 Å². The van der Waals surface area contributed by atoms with Crippen molar-refractivity contribution in [1.29, 1.82) is 0 Å². The molecule has 1 amide bonds. The summed E-state index contributed by atoms with van der Waals surface area (Å²) in [7, 11) is 0. The van der Waals surface area contributed by atoms with Gasteiger partial charge in [-0.2, -0.15) is 0 Å². The largest absolute Gasteiger partial charge is 0.480 e. The maximum absolute atomic E-state index is 11.5. The molecule has 2 N–H and O–H groups in total. The SMILES string of the molecule is CC(C=CC1=C(C)CCCC1(C)C)=CC=CC(C)=CC(=O)NCC(=O)O. The highest BCUT2D eigenvalue weighted by Gasteiger charge is 2.26. The van der Waals surface area contributed by atoms with E-state index in [1.165, 1.54) is 36.5 Å². The van der Waals surface area contributed by atoms with E-state index in [0.717, 1.165) is 11.1 Å². The molecule has 0 aromatic heterocycles. The zero-order valence-electron chi connectivity index (χ0n) is 16.6. The normalized spacial score (nSPS) is 18.7. The number of hydrogen-bond acceptors (Lipinski definition) is 2. The highest BCUT2D eigenvalue weighted by atomic mass is 16.4. The van der Waals surface area contributed by atoms with Crippen LogP contribution in [0.3, 0.4) is 0 Å². The molecular formula is C22H31NO3. The third kappa shape index (κ3) is 7.68. The molecule has 0 aromatic carbocycles. The molecule has 0 aliphatic heterocycles. The van der Waals surface area contributed by atoms with Crippen molar-refractivity contribution in [1.82, 2.24) is 5.32 Å². The minimum atomic E-state index is -1.06. The highest BCUT2D eigenvalue weighted by Crippen LogP contribution is 2.40. The van der Waals surface area contributed by atoms with Crippen LogP contribution >= 0.6 is 0 Å². The first-order chi connectivity index (χ1) is 12.1. The average molecular weight is 357 g/mol. The second-order valence-electron chi connectivity index (χ2n) is 7.53. The Balaban J connectivity index is 2.69. The maximum Gasteiger partial charge on any atom is 0.322 e. The molecule has 0 aromatic rings. The Bertz CT molecular complexity index is 688. The summed E-state index contributed by atoms with van der Waals surface area (Å²) in [4.78, 5) is 21.9. The highest BCUT2D eigenvalue weighted by molar-refractivity contribution is 5.90. The number of carbonyl (C=O) groups excluding carboxylic acids is 1. The fourth-order valence-electron chi connectivity index (χ4n) is 3.10. The molecule has 1 aliphatic rings. The molecule has 0 radical (unpaired) electrons. The average Bonchev–Trinajstić information content (AvgIpc) is 2.51. The lowest BCUT2D eigenvalue weighted by Gasteiger charge is -2.32. The molecule has 0 spiro atoms. The molecule has 4 nitrogen and oxygen atoms in total. The summed E-state index contributed by atoms with van der Waals surface area (Å²) in [5, 5.41) is 10.8. The Morgan fingerprint density at radius 2 is 1.88 bits per heavy atom. The topological polar surface area (TPSA) is 66.4 Å². The summed E-state index contributed by atoms with van der Waals surface area (Å²) in [5.74, 6) is -1.46. The number of carboxylic acids is 1. The van der Waals surface area contributed by atoms with Crippen LogP contribution in [0.5, 0.6) is 0 Å². The van der Waals surface area contributed by atoms with Crippen molar-refractivity contribution in [3.63, 3.8) is 0 Å². The Morgan fingerprint density at radius 1 is 1.19 bits per heavy atom. The van der Waals surface area contributed by atoms with Gasteiger partial charge in [-0.05, 0) is 56.6 Å². The van der Waals surface area contributed by atoms with Crippen molar-refractivity contribution in [3.05, 3.63) is 58.7 Å². The van der Waals surface area contributed by atoms with Gasteiger partial charge in [0.15, 0.2) is 0 Å². The summed E-state index contributed by atoms with van der Waals surface area (Å²) in [5.41, 5.74) is 5.04. The fourth-order valence-corrected chi connectivity index (χ4v) is 3.10. The second kappa shape index (κ2) is 9.95. The first-order valence-corrected chi connectivity index (χ1v) is 9.03. The van der Waals surface area contributed by atoms with Crippen LogP contribution < -0.4 is 5.32 Å². The van der Waals surface area contributed by atoms with Gasteiger partial charge in [0.25, 0.3) is 0 Å². The molecule has 142 valence electrons. The smallest absolute Gasteiger partial charge is 0.322 e. The molecule has 1 rings (SSSR count). The Morgan fingerprint density at radius 3 is 2.50 bits per heavy atom. The van der Waals surface area contributed by atoms with E-state index in [4.69, 9.17) is 5.11 Å². The van der Waals surface area contributed by atoms with Crippen LogP contribution in [0.25, 0.3) is 0 Å². The minimum absolute atomic E-state index is 0.234. The third-order valence-corrected chi connectivity index (χ3v) is 4.55. The second-order valence-corrected chi connectivity index (χ2v) is 7.53. The van der Waals surface area contributed by atoms with E-state index < -0.39 is 11.9 Å². The van der Waals surface area contributed by atoms with Gasteiger partial charge >= 0.3 is 5.97 Å². The van der Waals surface area contributed by atoms with Gasteiger partial charge in [0.1, 0.15) is 6.54 Å². The Labute approximate surface area is 157 Å². The zero-order valence-corrected chi connectivity index (χ0v) is 16.6. The lowest BCUT2D eigenvalue weighted by atomic mass is 9.72. The van der Waals surface area contributed by atoms with Crippen molar-refractivity contribution < 1.29 is 14.7 Å². The van der Waals surface area contributed by atoms with E-state index in [1.807, 2.05) is 25.2 Å². The zero-order chi connectivity index (χ0) is 19.7. The van der Waals surface area contributed by atoms with Gasteiger partial charge in [0.2, 0.25) is 5.91 Å². The summed E-state index contributed by atoms with van der Waals surface area (Å²) in [6.07, 6.45) is 15.1. The van der Waals surface area contributed by atoms with Gasteiger partial charge in [-0.15, -0.1) is 0 Å². The van der Waals surface area contributed by atoms with Crippen LogP contribution in [0.2, 0.25) is 0 Å². The molecular weight excluding hydrogens is 326 g/mol. The van der Waals surface area contributed by atoms with Gasteiger partial charge in [-0.25, -0.2) is 0 Å². The van der Waals surface area contributed by atoms with Crippen molar-refractivity contribution in [2.45, 2.75) is 53.9 Å². The van der Waals surface area contributed by atoms with Crippen LogP contribution in [-0.2, 0) is 9.59 Å². The molecule has 26 heavy (non-hydrogen) atoms. The van der Waals surface area contributed by atoms with Gasteiger partial charge in [0.05, 0.1) is 0 Å². The van der Waals surface area contributed by atoms with Crippen LogP contribution in [0, 0.1) is 5.41 Å². The van der Waals surface area contributed by atoms with Gasteiger partial charge in [-0.1, -0.05) is 55.4 Å². The van der Waals surface area contributed by atoms with Gasteiger partial charge < -0.3 is 10.4 Å². The number of hydrogen-bond donors (Lipinski definition) is 2. The van der Waals surface area contributed by atoms with E-state index in [9.17, 15) is 9.59 Å². The van der Waals surface area contributed by atoms with Gasteiger partial charge in [-0.3, -0.25) is 9.59 Å². The predicted molar refractivity (Wildman–Crippen MR) is 107 cm³/mol. The molecule has 0 atom stereocenters. The van der Waals surface area contributed by atoms with E-state index in [-0.39, 0.29) is 12.0 Å². The quantitative estimate of drug-likeness (QED) is 0.512. The first-order valence-electron chi connectivity index (χ1n) is 9.03. The number of amides is 1. The molecule has 0 bridgehead atoms. The standard InChI is InChI=1S/C22H31NO3/c1-16(11-12-19-18(3)10-7-13-22(19,4)5)8-6-9-17(2)14-20(24)23-15-21(25)26/h6,8-9,11-12,14H,7,10,13,15H2,1-5H3,(H,23,24)(H,25,26). The van der Waals surface area contributed by atoms with Crippen molar-refractivity contribution in [2.75, 3.05) is 6.54 Å². The number of aliphatic carboxylic acids is 1. The Hall–Kier alpha value is -2.36. The van der Waals surface area contributed by atoms with Gasteiger partial charge in [0, 0.05) is 6.08 Å². The minimum Gasteiger partial charge on any atom is -0.480 e. The van der Waals surface area contributed by atoms with Crippen LogP contribution in [0.1, 0.15) is 53.9 Å². The number of allylic oxidation sites excluding steroid dienone is 9. The van der Waals surface area contributed by atoms with E-state index in [1.54, 1.807) is 6.92 Å². The maximum atomic E-state index is 11.5. The van der Waals surface area contributed by atoms with E-state index in [2.05, 4.69) is 38.2 Å². The number of rotatable bonds is 7. The molecule has 0 heterocycles. The fraction of sp³-hybridized carbons (Fsp3) is 0.455.